The van der Waals surface area contributed by atoms with E-state index in [4.69, 9.17) is 9.47 Å². The highest BCUT2D eigenvalue weighted by molar-refractivity contribution is 7.22. The highest BCUT2D eigenvalue weighted by Crippen LogP contribution is 2.41. The van der Waals surface area contributed by atoms with Crippen molar-refractivity contribution in [3.05, 3.63) is 86.2 Å². The third-order valence-electron chi connectivity index (χ3n) is 4.99. The van der Waals surface area contributed by atoms with Crippen molar-refractivity contribution in [1.29, 1.82) is 0 Å². The number of ether oxygens (including phenoxy) is 2. The summed E-state index contributed by atoms with van der Waals surface area (Å²) in [5.41, 5.74) is -0.421. The van der Waals surface area contributed by atoms with Crippen molar-refractivity contribution in [2.24, 2.45) is 0 Å². The molecule has 4 aromatic rings. The summed E-state index contributed by atoms with van der Waals surface area (Å²) in [6.45, 7) is -0.0411. The van der Waals surface area contributed by atoms with Crippen molar-refractivity contribution in [2.75, 3.05) is 19.1 Å². The fourth-order valence-corrected chi connectivity index (χ4v) is 4.43. The van der Waals surface area contributed by atoms with Crippen molar-refractivity contribution in [3.8, 4) is 11.5 Å². The van der Waals surface area contributed by atoms with Gasteiger partial charge in [0.05, 0.1) is 47.9 Å². The van der Waals surface area contributed by atoms with Gasteiger partial charge in [-0.15, -0.1) is 0 Å². The van der Waals surface area contributed by atoms with Crippen LogP contribution in [0, 0.1) is 20.2 Å². The summed E-state index contributed by atoms with van der Waals surface area (Å²) in [6, 6.07) is 11.3. The molecule has 35 heavy (non-hydrogen) atoms. The van der Waals surface area contributed by atoms with E-state index >= 15 is 0 Å². The lowest BCUT2D eigenvalue weighted by molar-refractivity contribution is -0.394. The van der Waals surface area contributed by atoms with E-state index in [-0.39, 0.29) is 17.2 Å². The molecule has 0 aliphatic heterocycles. The first-order chi connectivity index (χ1) is 16.8. The first kappa shape index (κ1) is 23.5. The lowest BCUT2D eigenvalue weighted by Crippen LogP contribution is -2.30. The third kappa shape index (κ3) is 4.70. The highest BCUT2D eigenvalue weighted by Gasteiger charge is 2.27. The Kier molecular flexibility index (Phi) is 6.51. The monoisotopic (exact) mass is 495 g/mol. The number of benzene rings is 2. The molecule has 2 aromatic heterocycles. The maximum absolute atomic E-state index is 13.6. The number of amides is 1. The molecular formula is C22H17N5O7S. The van der Waals surface area contributed by atoms with E-state index in [0.29, 0.717) is 27.4 Å². The number of methoxy groups -OCH3 is 2. The minimum atomic E-state index is -0.791. The Balaban J connectivity index is 1.88. The summed E-state index contributed by atoms with van der Waals surface area (Å²) in [6.07, 6.45) is 1.56. The second-order valence-electron chi connectivity index (χ2n) is 7.11. The van der Waals surface area contributed by atoms with Crippen LogP contribution >= 0.6 is 11.3 Å². The maximum Gasteiger partial charge on any atom is 0.277 e. The first-order valence-corrected chi connectivity index (χ1v) is 10.8. The molecule has 2 aromatic carbocycles. The second-order valence-corrected chi connectivity index (χ2v) is 8.09. The van der Waals surface area contributed by atoms with Gasteiger partial charge in [0.1, 0.15) is 21.7 Å². The average molecular weight is 495 g/mol. The average Bonchev–Trinajstić information content (AvgIpc) is 3.31. The first-order valence-electron chi connectivity index (χ1n) is 9.99. The maximum atomic E-state index is 13.6. The number of nitro benzene ring substituents is 2. The Morgan fingerprint density at radius 3 is 2.23 bits per heavy atom. The van der Waals surface area contributed by atoms with E-state index in [1.807, 2.05) is 0 Å². The van der Waals surface area contributed by atoms with Crippen LogP contribution < -0.4 is 14.4 Å². The van der Waals surface area contributed by atoms with E-state index in [2.05, 4.69) is 9.97 Å². The van der Waals surface area contributed by atoms with Gasteiger partial charge in [-0.25, -0.2) is 4.98 Å². The van der Waals surface area contributed by atoms with Crippen molar-refractivity contribution in [3.63, 3.8) is 0 Å². The summed E-state index contributed by atoms with van der Waals surface area (Å²) in [4.78, 5) is 44.8. The van der Waals surface area contributed by atoms with Crippen LogP contribution in [0.25, 0.3) is 10.2 Å². The summed E-state index contributed by atoms with van der Waals surface area (Å²) < 4.78 is 11.4. The van der Waals surface area contributed by atoms with E-state index in [0.717, 1.165) is 29.5 Å². The van der Waals surface area contributed by atoms with E-state index in [1.165, 1.54) is 19.1 Å². The molecule has 2 heterocycles. The van der Waals surface area contributed by atoms with Crippen LogP contribution in [-0.4, -0.2) is 39.9 Å². The third-order valence-corrected chi connectivity index (χ3v) is 6.09. The van der Waals surface area contributed by atoms with E-state index in [9.17, 15) is 25.0 Å². The lowest BCUT2D eigenvalue weighted by atomic mass is 10.1. The van der Waals surface area contributed by atoms with Gasteiger partial charge in [0, 0.05) is 18.3 Å². The number of fused-ring (bicyclic) bond motifs is 1. The largest absolute Gasteiger partial charge is 0.495 e. The summed E-state index contributed by atoms with van der Waals surface area (Å²) in [5, 5.41) is 22.9. The minimum absolute atomic E-state index is 0.0411. The molecule has 0 saturated heterocycles. The van der Waals surface area contributed by atoms with Gasteiger partial charge in [0.25, 0.3) is 17.3 Å². The molecule has 0 bridgehead atoms. The normalized spacial score (nSPS) is 10.7. The van der Waals surface area contributed by atoms with Crippen molar-refractivity contribution < 1.29 is 24.1 Å². The number of non-ortho nitro benzene ring substituents is 2. The Morgan fingerprint density at radius 1 is 1.00 bits per heavy atom. The van der Waals surface area contributed by atoms with Gasteiger partial charge in [-0.05, 0) is 24.3 Å². The molecule has 0 N–H and O–H groups in total. The molecule has 12 nitrogen and oxygen atoms in total. The fraction of sp³-hybridized carbons (Fsp3) is 0.136. The zero-order valence-corrected chi connectivity index (χ0v) is 19.2. The number of hydrogen-bond donors (Lipinski definition) is 0. The smallest absolute Gasteiger partial charge is 0.277 e. The number of nitrogens with zero attached hydrogens (tertiary/aromatic N) is 5. The standard InChI is InChI=1S/C22H17N5O7S/c1-33-17-6-7-18(34-2)20-19(17)24-22(35-20)25(12-14-5-3-4-8-23-14)21(28)13-9-15(26(29)30)11-16(10-13)27(31)32/h3-11H,12H2,1-2H3. The summed E-state index contributed by atoms with van der Waals surface area (Å²) in [7, 11) is 2.99. The van der Waals surface area contributed by atoms with Crippen LogP contribution in [0.15, 0.2) is 54.7 Å². The van der Waals surface area contributed by atoms with E-state index < -0.39 is 27.1 Å². The number of anilines is 1. The van der Waals surface area contributed by atoms with Crippen LogP contribution in [0.1, 0.15) is 16.1 Å². The quantitative estimate of drug-likeness (QED) is 0.256. The van der Waals surface area contributed by atoms with Crippen LogP contribution in [0.4, 0.5) is 16.5 Å². The summed E-state index contributed by atoms with van der Waals surface area (Å²) >= 11 is 1.14. The van der Waals surface area contributed by atoms with Gasteiger partial charge in [0.15, 0.2) is 5.13 Å². The zero-order valence-electron chi connectivity index (χ0n) is 18.4. The number of carbonyl (C=O) groups is 1. The molecule has 4 rings (SSSR count). The molecule has 0 spiro atoms. The number of rotatable bonds is 8. The van der Waals surface area contributed by atoms with Gasteiger partial charge < -0.3 is 9.47 Å². The number of thiazole rings is 1. The summed E-state index contributed by atoms with van der Waals surface area (Å²) in [5.74, 6) is 0.250. The number of pyridine rings is 1. The molecule has 13 heteroatoms. The SMILES string of the molecule is COc1ccc(OC)c2sc(N(Cc3ccccn3)C(=O)c3cc([N+](=O)[O-])cc([N+](=O)[O-])c3)nc12. The number of hydrogen-bond acceptors (Lipinski definition) is 10. The Labute approximate surface area is 201 Å². The molecule has 0 fully saturated rings. The number of carbonyl (C=O) groups excluding carboxylic acids is 1. The van der Waals surface area contributed by atoms with Crippen molar-refractivity contribution in [2.45, 2.75) is 6.54 Å². The predicted octanol–water partition coefficient (Wildman–Crippen LogP) is 4.37. The molecule has 0 saturated carbocycles. The molecule has 0 aliphatic carbocycles. The molecular weight excluding hydrogens is 478 g/mol. The highest BCUT2D eigenvalue weighted by atomic mass is 32.1. The Bertz CT molecular complexity index is 1370. The van der Waals surface area contributed by atoms with E-state index in [1.54, 1.807) is 36.5 Å². The molecule has 178 valence electrons. The van der Waals surface area contributed by atoms with Crippen LogP contribution in [0.2, 0.25) is 0 Å². The lowest BCUT2D eigenvalue weighted by Gasteiger charge is -2.19. The molecule has 0 unspecified atom stereocenters. The van der Waals surface area contributed by atoms with Crippen LogP contribution in [0.5, 0.6) is 11.5 Å². The number of aromatic nitrogens is 2. The van der Waals surface area contributed by atoms with Crippen molar-refractivity contribution in [1.82, 2.24) is 9.97 Å². The van der Waals surface area contributed by atoms with Crippen LogP contribution in [0.3, 0.4) is 0 Å². The fourth-order valence-electron chi connectivity index (χ4n) is 3.35. The zero-order chi connectivity index (χ0) is 25.1. The topological polar surface area (TPSA) is 151 Å². The molecule has 1 amide bonds. The molecule has 0 aliphatic rings. The molecule has 0 atom stereocenters. The van der Waals surface area contributed by atoms with Gasteiger partial charge in [-0.1, -0.05) is 17.4 Å². The number of nitro groups is 2. The minimum Gasteiger partial charge on any atom is -0.495 e. The van der Waals surface area contributed by atoms with Gasteiger partial charge >= 0.3 is 0 Å². The van der Waals surface area contributed by atoms with Gasteiger partial charge in [0.2, 0.25) is 0 Å². The Morgan fingerprint density at radius 2 is 1.66 bits per heavy atom. The Hall–Kier alpha value is -4.65. The van der Waals surface area contributed by atoms with Gasteiger partial charge in [-0.3, -0.25) is 34.9 Å². The second kappa shape index (κ2) is 9.69. The van der Waals surface area contributed by atoms with Crippen molar-refractivity contribution >= 4 is 44.0 Å². The predicted molar refractivity (Wildman–Crippen MR) is 127 cm³/mol. The van der Waals surface area contributed by atoms with Gasteiger partial charge in [-0.2, -0.15) is 0 Å². The molecule has 0 radical (unpaired) electrons. The van der Waals surface area contributed by atoms with Crippen LogP contribution in [-0.2, 0) is 6.54 Å².